The number of anilines is 1. The molecule has 0 saturated heterocycles. The second-order valence-corrected chi connectivity index (χ2v) is 8.16. The molecule has 4 aromatic rings. The van der Waals surface area contributed by atoms with Crippen LogP contribution in [-0.2, 0) is 11.3 Å². The van der Waals surface area contributed by atoms with Gasteiger partial charge in [0.15, 0.2) is 5.13 Å². The highest BCUT2D eigenvalue weighted by molar-refractivity contribution is 7.22. The van der Waals surface area contributed by atoms with Gasteiger partial charge in [-0.05, 0) is 54.5 Å². The largest absolute Gasteiger partial charge is 0.494 e. The number of nitro benzene ring substituents is 1. The number of ether oxygens (including phenoxy) is 1. The molecule has 0 bridgehead atoms. The Bertz CT molecular complexity index is 1330. The molecule has 2 aromatic heterocycles. The number of aromatic nitrogens is 2. The molecule has 0 unspecified atom stereocenters. The van der Waals surface area contributed by atoms with Crippen molar-refractivity contribution < 1.29 is 14.5 Å². The summed E-state index contributed by atoms with van der Waals surface area (Å²) < 4.78 is 6.40. The Morgan fingerprint density at radius 3 is 2.64 bits per heavy atom. The minimum Gasteiger partial charge on any atom is -0.494 e. The predicted molar refractivity (Wildman–Crippen MR) is 128 cm³/mol. The van der Waals surface area contributed by atoms with Gasteiger partial charge in [-0.1, -0.05) is 23.5 Å². The molecule has 2 aromatic carbocycles. The maximum absolute atomic E-state index is 13.3. The van der Waals surface area contributed by atoms with Crippen LogP contribution in [0.4, 0.5) is 10.8 Å². The number of hydrogen-bond donors (Lipinski definition) is 0. The van der Waals surface area contributed by atoms with Gasteiger partial charge in [-0.25, -0.2) is 4.98 Å². The van der Waals surface area contributed by atoms with Crippen LogP contribution in [0.25, 0.3) is 16.3 Å². The second kappa shape index (κ2) is 9.58. The summed E-state index contributed by atoms with van der Waals surface area (Å²) in [4.78, 5) is 34.3. The predicted octanol–water partition coefficient (Wildman–Crippen LogP) is 5.16. The van der Waals surface area contributed by atoms with Crippen LogP contribution in [-0.4, -0.2) is 27.9 Å². The molecule has 1 amide bonds. The van der Waals surface area contributed by atoms with E-state index in [4.69, 9.17) is 9.72 Å². The van der Waals surface area contributed by atoms with E-state index in [2.05, 4.69) is 4.98 Å². The van der Waals surface area contributed by atoms with Crippen molar-refractivity contribution in [1.29, 1.82) is 0 Å². The van der Waals surface area contributed by atoms with E-state index in [-0.39, 0.29) is 18.1 Å². The summed E-state index contributed by atoms with van der Waals surface area (Å²) >= 11 is 1.41. The Hall–Kier alpha value is -4.11. The Balaban J connectivity index is 1.69. The van der Waals surface area contributed by atoms with Gasteiger partial charge in [-0.3, -0.25) is 24.8 Å². The van der Waals surface area contributed by atoms with E-state index in [9.17, 15) is 14.9 Å². The number of nitro groups is 1. The van der Waals surface area contributed by atoms with Crippen molar-refractivity contribution in [2.45, 2.75) is 13.5 Å². The number of amides is 1. The number of hydrogen-bond acceptors (Lipinski definition) is 7. The van der Waals surface area contributed by atoms with Crippen LogP contribution in [0.2, 0.25) is 0 Å². The Kier molecular flexibility index (Phi) is 6.41. The molecule has 0 fully saturated rings. The molecule has 0 radical (unpaired) electrons. The molecule has 9 heteroatoms. The van der Waals surface area contributed by atoms with E-state index in [1.54, 1.807) is 36.4 Å². The minimum atomic E-state index is -0.462. The normalized spacial score (nSPS) is 11.1. The van der Waals surface area contributed by atoms with Crippen LogP contribution in [0.5, 0.6) is 5.75 Å². The number of nitrogens with zero attached hydrogens (tertiary/aromatic N) is 4. The van der Waals surface area contributed by atoms with Crippen molar-refractivity contribution in [3.63, 3.8) is 0 Å². The zero-order valence-corrected chi connectivity index (χ0v) is 18.8. The molecule has 0 aliphatic carbocycles. The first-order chi connectivity index (χ1) is 16.0. The first-order valence-electron chi connectivity index (χ1n) is 10.0. The Morgan fingerprint density at radius 1 is 1.18 bits per heavy atom. The number of non-ortho nitro benzene ring substituents is 1. The van der Waals surface area contributed by atoms with Gasteiger partial charge in [-0.2, -0.15) is 0 Å². The summed E-state index contributed by atoms with van der Waals surface area (Å²) in [5, 5.41) is 11.4. The molecular weight excluding hydrogens is 440 g/mol. The molecule has 4 rings (SSSR count). The van der Waals surface area contributed by atoms with Gasteiger partial charge in [-0.15, -0.1) is 0 Å². The van der Waals surface area contributed by atoms with Gasteiger partial charge in [0.2, 0.25) is 0 Å². The van der Waals surface area contributed by atoms with Crippen molar-refractivity contribution >= 4 is 44.4 Å². The lowest BCUT2D eigenvalue weighted by Gasteiger charge is -2.17. The number of thiazole rings is 1. The number of carbonyl (C=O) groups excluding carboxylic acids is 1. The summed E-state index contributed by atoms with van der Waals surface area (Å²) in [6, 6.07) is 15.3. The van der Waals surface area contributed by atoms with Crippen molar-refractivity contribution in [2.75, 3.05) is 12.0 Å². The molecule has 0 atom stereocenters. The summed E-state index contributed by atoms with van der Waals surface area (Å²) in [5.74, 6) is 0.361. The van der Waals surface area contributed by atoms with Gasteiger partial charge in [0.1, 0.15) is 11.3 Å². The maximum atomic E-state index is 13.3. The highest BCUT2D eigenvalue weighted by atomic mass is 32.1. The lowest BCUT2D eigenvalue weighted by atomic mass is 10.2. The second-order valence-electron chi connectivity index (χ2n) is 7.19. The van der Waals surface area contributed by atoms with E-state index in [1.807, 2.05) is 37.3 Å². The highest BCUT2D eigenvalue weighted by Crippen LogP contribution is 2.37. The molecule has 8 nitrogen and oxygen atoms in total. The Labute approximate surface area is 193 Å². The van der Waals surface area contributed by atoms with E-state index < -0.39 is 4.92 Å². The molecule has 0 aliphatic rings. The SMILES string of the molecule is COc1ccc(C)c2sc(N(Cc3ccccn3)C(=O)/C=C/c3ccc([N+](=O)[O-])cc3)nc12. The summed E-state index contributed by atoms with van der Waals surface area (Å²) in [5.41, 5.74) is 3.14. The van der Waals surface area contributed by atoms with Crippen LogP contribution < -0.4 is 9.64 Å². The lowest BCUT2D eigenvalue weighted by Crippen LogP contribution is -2.29. The topological polar surface area (TPSA) is 98.5 Å². The standard InChI is InChI=1S/C24H20N4O4S/c1-16-6-12-20(32-2)22-23(16)33-24(26-22)27(15-18-5-3-4-14-25-18)21(29)13-9-17-7-10-19(11-8-17)28(30)31/h3-14H,15H2,1-2H3/b13-9+. The smallest absolute Gasteiger partial charge is 0.269 e. The number of rotatable bonds is 7. The zero-order chi connectivity index (χ0) is 23.4. The molecular formula is C24H20N4O4S. The molecule has 0 spiro atoms. The van der Waals surface area contributed by atoms with E-state index in [1.165, 1.54) is 29.5 Å². The zero-order valence-electron chi connectivity index (χ0n) is 18.0. The van der Waals surface area contributed by atoms with E-state index >= 15 is 0 Å². The number of benzene rings is 2. The first kappa shape index (κ1) is 22.1. The van der Waals surface area contributed by atoms with Crippen LogP contribution in [0.1, 0.15) is 16.8 Å². The first-order valence-corrected chi connectivity index (χ1v) is 10.9. The monoisotopic (exact) mass is 460 g/mol. The van der Waals surface area contributed by atoms with Crippen molar-refractivity contribution in [2.24, 2.45) is 0 Å². The van der Waals surface area contributed by atoms with Gasteiger partial charge in [0.25, 0.3) is 11.6 Å². The number of fused-ring (bicyclic) bond motifs is 1. The quantitative estimate of drug-likeness (QED) is 0.215. The third kappa shape index (κ3) is 4.88. The fourth-order valence-corrected chi connectivity index (χ4v) is 4.29. The van der Waals surface area contributed by atoms with Crippen molar-refractivity contribution in [3.8, 4) is 5.75 Å². The average Bonchev–Trinajstić information content (AvgIpc) is 3.28. The molecule has 33 heavy (non-hydrogen) atoms. The summed E-state index contributed by atoms with van der Waals surface area (Å²) in [7, 11) is 1.59. The van der Waals surface area contributed by atoms with Gasteiger partial charge in [0, 0.05) is 24.4 Å². The summed E-state index contributed by atoms with van der Waals surface area (Å²) in [6.07, 6.45) is 4.73. The third-order valence-electron chi connectivity index (χ3n) is 4.98. The van der Waals surface area contributed by atoms with Crippen molar-refractivity contribution in [1.82, 2.24) is 9.97 Å². The van der Waals surface area contributed by atoms with E-state index in [0.29, 0.717) is 22.0 Å². The fourth-order valence-electron chi connectivity index (χ4n) is 3.24. The maximum Gasteiger partial charge on any atom is 0.269 e. The van der Waals surface area contributed by atoms with Crippen LogP contribution in [0, 0.1) is 17.0 Å². The van der Waals surface area contributed by atoms with Gasteiger partial charge >= 0.3 is 0 Å². The molecule has 2 heterocycles. The van der Waals surface area contributed by atoms with Crippen LogP contribution in [0.3, 0.4) is 0 Å². The Morgan fingerprint density at radius 2 is 1.97 bits per heavy atom. The molecule has 0 saturated carbocycles. The number of methoxy groups -OCH3 is 1. The van der Waals surface area contributed by atoms with Crippen molar-refractivity contribution in [3.05, 3.63) is 93.8 Å². The summed E-state index contributed by atoms with van der Waals surface area (Å²) in [6.45, 7) is 2.23. The molecule has 0 aliphatic heterocycles. The van der Waals surface area contributed by atoms with Crippen LogP contribution >= 0.6 is 11.3 Å². The van der Waals surface area contributed by atoms with Gasteiger partial charge < -0.3 is 4.74 Å². The average molecular weight is 461 g/mol. The number of carbonyl (C=O) groups is 1. The van der Waals surface area contributed by atoms with Crippen LogP contribution in [0.15, 0.2) is 66.9 Å². The number of aryl methyl sites for hydroxylation is 1. The molecule has 0 N–H and O–H groups in total. The lowest BCUT2D eigenvalue weighted by molar-refractivity contribution is -0.384. The van der Waals surface area contributed by atoms with Gasteiger partial charge in [0.05, 0.1) is 29.0 Å². The minimum absolute atomic E-state index is 0.00551. The van der Waals surface area contributed by atoms with E-state index in [0.717, 1.165) is 16.0 Å². The fraction of sp³-hybridized carbons (Fsp3) is 0.125. The molecule has 166 valence electrons. The third-order valence-corrected chi connectivity index (χ3v) is 6.19. The number of pyridine rings is 1. The highest BCUT2D eigenvalue weighted by Gasteiger charge is 2.21.